The van der Waals surface area contributed by atoms with Gasteiger partial charge in [-0.25, -0.2) is 0 Å². The summed E-state index contributed by atoms with van der Waals surface area (Å²) in [6.07, 6.45) is 0.545. The van der Waals surface area contributed by atoms with Crippen LogP contribution in [0.3, 0.4) is 0 Å². The van der Waals surface area contributed by atoms with Gasteiger partial charge in [0, 0.05) is 12.6 Å². The number of nitrogens with one attached hydrogen (secondary N) is 1. The van der Waals surface area contributed by atoms with Crippen LogP contribution < -0.4 is 10.1 Å². The van der Waals surface area contributed by atoms with Gasteiger partial charge in [0.15, 0.2) is 0 Å². The van der Waals surface area contributed by atoms with E-state index in [2.05, 4.69) is 32.2 Å². The molecule has 1 aromatic rings. The molecule has 110 valence electrons. The van der Waals surface area contributed by atoms with E-state index in [0.717, 1.165) is 6.42 Å². The molecule has 1 aromatic carbocycles. The molecule has 1 rings (SSSR count). The molecule has 0 aliphatic heterocycles. The van der Waals surface area contributed by atoms with E-state index >= 15 is 0 Å². The van der Waals surface area contributed by atoms with Crippen molar-refractivity contribution in [3.63, 3.8) is 0 Å². The first-order valence-electron chi connectivity index (χ1n) is 7.05. The van der Waals surface area contributed by atoms with Crippen molar-refractivity contribution in [2.45, 2.75) is 39.3 Å². The lowest BCUT2D eigenvalue weighted by Gasteiger charge is -2.19. The third kappa shape index (κ3) is 6.55. The molecule has 2 unspecified atom stereocenters. The van der Waals surface area contributed by atoms with Gasteiger partial charge < -0.3 is 15.2 Å². The molecular weight excluding hydrogens is 252 g/mol. The molecule has 2 N–H and O–H groups in total. The first kappa shape index (κ1) is 16.5. The van der Waals surface area contributed by atoms with E-state index < -0.39 is 6.10 Å². The van der Waals surface area contributed by atoms with Gasteiger partial charge in [0.05, 0.1) is 11.6 Å². The van der Waals surface area contributed by atoms with Crippen LogP contribution in [0.5, 0.6) is 5.75 Å². The normalized spacial score (nSPS) is 13.8. The summed E-state index contributed by atoms with van der Waals surface area (Å²) in [6.45, 7) is 7.25. The summed E-state index contributed by atoms with van der Waals surface area (Å²) >= 11 is 0. The summed E-state index contributed by atoms with van der Waals surface area (Å²) in [4.78, 5) is 0. The maximum Gasteiger partial charge on any atom is 0.119 e. The van der Waals surface area contributed by atoms with Gasteiger partial charge in [-0.3, -0.25) is 0 Å². The van der Waals surface area contributed by atoms with Crippen molar-refractivity contribution < 1.29 is 9.84 Å². The molecule has 0 heterocycles. The minimum absolute atomic E-state index is 0.243. The maximum absolute atomic E-state index is 9.85. The van der Waals surface area contributed by atoms with E-state index in [1.165, 1.54) is 0 Å². The minimum Gasteiger partial charge on any atom is -0.491 e. The molecule has 0 fully saturated rings. The van der Waals surface area contributed by atoms with Crippen LogP contribution in [0.15, 0.2) is 24.3 Å². The van der Waals surface area contributed by atoms with Crippen molar-refractivity contribution in [2.75, 3.05) is 13.2 Å². The van der Waals surface area contributed by atoms with Gasteiger partial charge >= 0.3 is 0 Å². The van der Waals surface area contributed by atoms with Crippen LogP contribution in [0.2, 0.25) is 0 Å². The third-order valence-electron chi connectivity index (χ3n) is 2.95. The lowest BCUT2D eigenvalue weighted by Crippen LogP contribution is -2.37. The van der Waals surface area contributed by atoms with Gasteiger partial charge in [-0.2, -0.15) is 5.26 Å². The average molecular weight is 276 g/mol. The van der Waals surface area contributed by atoms with Crippen molar-refractivity contribution in [2.24, 2.45) is 5.92 Å². The zero-order valence-corrected chi connectivity index (χ0v) is 12.5. The summed E-state index contributed by atoms with van der Waals surface area (Å²) in [5.74, 6) is 1.31. The molecule has 0 spiro atoms. The number of nitriles is 1. The predicted molar refractivity (Wildman–Crippen MR) is 79.6 cm³/mol. The van der Waals surface area contributed by atoms with E-state index in [0.29, 0.717) is 29.8 Å². The number of aliphatic hydroxyl groups excluding tert-OH is 1. The Kier molecular flexibility index (Phi) is 7.06. The second-order valence-corrected chi connectivity index (χ2v) is 5.54. The molecule has 0 aliphatic rings. The molecule has 0 radical (unpaired) electrons. The highest BCUT2D eigenvalue weighted by Crippen LogP contribution is 2.11. The Labute approximate surface area is 121 Å². The first-order chi connectivity index (χ1) is 9.51. The highest BCUT2D eigenvalue weighted by atomic mass is 16.5. The van der Waals surface area contributed by atoms with Gasteiger partial charge in [-0.05, 0) is 43.5 Å². The standard InChI is InChI=1S/C16H24N2O2/c1-12(2)8-13(3)18-10-15(19)11-20-16-6-4-14(9-17)5-7-16/h4-7,12-13,15,18-19H,8,10-11H2,1-3H3. The second-order valence-electron chi connectivity index (χ2n) is 5.54. The van der Waals surface area contributed by atoms with Gasteiger partial charge in [0.2, 0.25) is 0 Å². The monoisotopic (exact) mass is 276 g/mol. The topological polar surface area (TPSA) is 65.3 Å². The fourth-order valence-electron chi connectivity index (χ4n) is 2.00. The Balaban J connectivity index is 2.25. The Morgan fingerprint density at radius 1 is 1.25 bits per heavy atom. The molecule has 0 aliphatic carbocycles. The number of nitrogens with zero attached hydrogens (tertiary/aromatic N) is 1. The van der Waals surface area contributed by atoms with Gasteiger partial charge in [-0.1, -0.05) is 13.8 Å². The number of hydrogen-bond acceptors (Lipinski definition) is 4. The zero-order valence-electron chi connectivity index (χ0n) is 12.5. The van der Waals surface area contributed by atoms with Crippen LogP contribution in [0, 0.1) is 17.2 Å². The fourth-order valence-corrected chi connectivity index (χ4v) is 2.00. The lowest BCUT2D eigenvalue weighted by molar-refractivity contribution is 0.103. The lowest BCUT2D eigenvalue weighted by atomic mass is 10.1. The van der Waals surface area contributed by atoms with E-state index in [1.54, 1.807) is 24.3 Å². The van der Waals surface area contributed by atoms with E-state index in [-0.39, 0.29) is 6.61 Å². The molecule has 20 heavy (non-hydrogen) atoms. The number of benzene rings is 1. The summed E-state index contributed by atoms with van der Waals surface area (Å²) < 4.78 is 5.48. The quantitative estimate of drug-likeness (QED) is 0.765. The maximum atomic E-state index is 9.85. The van der Waals surface area contributed by atoms with Gasteiger partial charge in [0.1, 0.15) is 18.5 Å². The Morgan fingerprint density at radius 2 is 1.90 bits per heavy atom. The summed E-state index contributed by atoms with van der Waals surface area (Å²) in [5, 5.41) is 21.8. The Hall–Kier alpha value is -1.57. The van der Waals surface area contributed by atoms with Gasteiger partial charge in [-0.15, -0.1) is 0 Å². The Bertz CT molecular complexity index is 423. The minimum atomic E-state index is -0.541. The van der Waals surface area contributed by atoms with Crippen molar-refractivity contribution in [3.8, 4) is 11.8 Å². The second kappa shape index (κ2) is 8.57. The van der Waals surface area contributed by atoms with Crippen LogP contribution in [-0.2, 0) is 0 Å². The summed E-state index contributed by atoms with van der Waals surface area (Å²) in [7, 11) is 0. The molecular formula is C16H24N2O2. The van der Waals surface area contributed by atoms with Crippen LogP contribution in [0.25, 0.3) is 0 Å². The van der Waals surface area contributed by atoms with Gasteiger partial charge in [0.25, 0.3) is 0 Å². The van der Waals surface area contributed by atoms with E-state index in [4.69, 9.17) is 10.00 Å². The molecule has 0 bridgehead atoms. The van der Waals surface area contributed by atoms with Crippen molar-refractivity contribution >= 4 is 0 Å². The molecule has 2 atom stereocenters. The molecule has 0 amide bonds. The molecule has 0 saturated carbocycles. The SMILES string of the molecule is CC(C)CC(C)NCC(O)COc1ccc(C#N)cc1. The molecule has 4 nitrogen and oxygen atoms in total. The third-order valence-corrected chi connectivity index (χ3v) is 2.95. The highest BCUT2D eigenvalue weighted by molar-refractivity contribution is 5.34. The number of hydrogen-bond donors (Lipinski definition) is 2. The fraction of sp³-hybridized carbons (Fsp3) is 0.562. The highest BCUT2D eigenvalue weighted by Gasteiger charge is 2.09. The van der Waals surface area contributed by atoms with Crippen molar-refractivity contribution in [3.05, 3.63) is 29.8 Å². The van der Waals surface area contributed by atoms with Crippen LogP contribution in [0.1, 0.15) is 32.8 Å². The first-order valence-corrected chi connectivity index (χ1v) is 7.05. The van der Waals surface area contributed by atoms with Crippen LogP contribution in [-0.4, -0.2) is 30.4 Å². The molecule has 0 saturated heterocycles. The van der Waals surface area contributed by atoms with E-state index in [9.17, 15) is 5.11 Å². The van der Waals surface area contributed by atoms with Crippen LogP contribution >= 0.6 is 0 Å². The largest absolute Gasteiger partial charge is 0.491 e. The Morgan fingerprint density at radius 3 is 2.45 bits per heavy atom. The summed E-state index contributed by atoms with van der Waals surface area (Å²) in [5.41, 5.74) is 0.599. The van der Waals surface area contributed by atoms with Crippen LogP contribution in [0.4, 0.5) is 0 Å². The molecule has 0 aromatic heterocycles. The zero-order chi connectivity index (χ0) is 15.0. The van der Waals surface area contributed by atoms with Crippen molar-refractivity contribution in [1.82, 2.24) is 5.32 Å². The number of ether oxygens (including phenoxy) is 1. The van der Waals surface area contributed by atoms with Crippen molar-refractivity contribution in [1.29, 1.82) is 5.26 Å². The number of rotatable bonds is 8. The smallest absolute Gasteiger partial charge is 0.119 e. The predicted octanol–water partition coefficient (Wildman–Crippen LogP) is 2.32. The number of aliphatic hydroxyl groups is 1. The average Bonchev–Trinajstić information content (AvgIpc) is 2.42. The van der Waals surface area contributed by atoms with E-state index in [1.807, 2.05) is 0 Å². The summed E-state index contributed by atoms with van der Waals surface area (Å²) in [6, 6.07) is 9.31. The molecule has 4 heteroatoms.